The van der Waals surface area contributed by atoms with Crippen LogP contribution in [0, 0.1) is 17.0 Å². The number of non-ortho nitro benzene ring substituents is 1. The Morgan fingerprint density at radius 2 is 1.92 bits per heavy atom. The number of carbonyl (C=O) groups is 2. The average molecular weight is 342 g/mol. The first-order chi connectivity index (χ1) is 11.9. The van der Waals surface area contributed by atoms with Crippen molar-refractivity contribution in [2.75, 3.05) is 5.32 Å². The molecule has 0 radical (unpaired) electrons. The lowest BCUT2D eigenvalue weighted by Crippen LogP contribution is -2.35. The summed E-state index contributed by atoms with van der Waals surface area (Å²) in [5.74, 6) is -0.400. The molecule has 8 heteroatoms. The Balaban J connectivity index is 2.14. The normalized spacial score (nSPS) is 11.4. The van der Waals surface area contributed by atoms with Gasteiger partial charge in [0.05, 0.1) is 17.4 Å². The zero-order valence-electron chi connectivity index (χ0n) is 13.6. The van der Waals surface area contributed by atoms with Crippen LogP contribution in [0.2, 0.25) is 0 Å². The average Bonchev–Trinajstić information content (AvgIpc) is 2.54. The molecule has 8 nitrogen and oxygen atoms in total. The quantitative estimate of drug-likeness (QED) is 0.550. The summed E-state index contributed by atoms with van der Waals surface area (Å²) in [6.45, 7) is 1.86. The van der Waals surface area contributed by atoms with Crippen molar-refractivity contribution in [3.63, 3.8) is 0 Å². The summed E-state index contributed by atoms with van der Waals surface area (Å²) in [4.78, 5) is 33.8. The van der Waals surface area contributed by atoms with Gasteiger partial charge in [0, 0.05) is 17.8 Å². The van der Waals surface area contributed by atoms with Crippen LogP contribution in [0.15, 0.2) is 48.5 Å². The molecular formula is C17H18N4O4. The maximum absolute atomic E-state index is 12.3. The summed E-state index contributed by atoms with van der Waals surface area (Å²) in [6.07, 6.45) is -0.0590. The molecule has 0 aliphatic rings. The molecule has 0 aromatic heterocycles. The number of hydrogen-bond donors (Lipinski definition) is 3. The second-order valence-electron chi connectivity index (χ2n) is 5.48. The Morgan fingerprint density at radius 1 is 1.20 bits per heavy atom. The first kappa shape index (κ1) is 17.9. The highest BCUT2D eigenvalue weighted by Gasteiger charge is 2.19. The molecule has 25 heavy (non-hydrogen) atoms. The lowest BCUT2D eigenvalue weighted by molar-refractivity contribution is -0.384. The standard InChI is InChI=1S/C17H18N4O4/c1-11-5-2-3-8-14(11)15(20-17(18)23)10-16(22)19-12-6-4-7-13(9-12)21(24)25/h2-9,15H,10H2,1H3,(H,19,22)(H3,18,20,23). The molecule has 1 atom stereocenters. The van der Waals surface area contributed by atoms with Gasteiger partial charge >= 0.3 is 6.03 Å². The molecule has 1 unspecified atom stereocenters. The van der Waals surface area contributed by atoms with Crippen LogP contribution in [0.4, 0.5) is 16.2 Å². The second-order valence-corrected chi connectivity index (χ2v) is 5.48. The number of hydrogen-bond acceptors (Lipinski definition) is 4. The molecule has 0 aliphatic carbocycles. The molecule has 2 aromatic rings. The van der Waals surface area contributed by atoms with Crippen LogP contribution in [0.5, 0.6) is 0 Å². The minimum Gasteiger partial charge on any atom is -0.352 e. The Kier molecular flexibility index (Phi) is 5.67. The van der Waals surface area contributed by atoms with E-state index in [2.05, 4.69) is 10.6 Å². The highest BCUT2D eigenvalue weighted by atomic mass is 16.6. The zero-order chi connectivity index (χ0) is 18.4. The van der Waals surface area contributed by atoms with Gasteiger partial charge < -0.3 is 16.4 Å². The van der Waals surface area contributed by atoms with Crippen molar-refractivity contribution >= 4 is 23.3 Å². The molecule has 0 fully saturated rings. The SMILES string of the molecule is Cc1ccccc1C(CC(=O)Nc1cccc([N+](=O)[O-])c1)NC(N)=O. The maximum Gasteiger partial charge on any atom is 0.312 e. The van der Waals surface area contributed by atoms with E-state index in [4.69, 9.17) is 5.73 Å². The van der Waals surface area contributed by atoms with Crippen molar-refractivity contribution in [3.05, 3.63) is 69.8 Å². The number of nitrogens with zero attached hydrogens (tertiary/aromatic N) is 1. The van der Waals surface area contributed by atoms with Crippen molar-refractivity contribution in [1.82, 2.24) is 5.32 Å². The number of primary amides is 1. The molecule has 2 rings (SSSR count). The van der Waals surface area contributed by atoms with Crippen LogP contribution in [0.1, 0.15) is 23.6 Å². The lowest BCUT2D eigenvalue weighted by Gasteiger charge is -2.19. The monoisotopic (exact) mass is 342 g/mol. The molecule has 4 N–H and O–H groups in total. The zero-order valence-corrected chi connectivity index (χ0v) is 13.6. The van der Waals surface area contributed by atoms with Gasteiger partial charge in [-0.15, -0.1) is 0 Å². The van der Waals surface area contributed by atoms with E-state index in [0.29, 0.717) is 5.69 Å². The molecule has 0 bridgehead atoms. The number of amides is 3. The highest BCUT2D eigenvalue weighted by Crippen LogP contribution is 2.22. The molecule has 0 saturated carbocycles. The predicted octanol–water partition coefficient (Wildman–Crippen LogP) is 2.64. The topological polar surface area (TPSA) is 127 Å². The number of carbonyl (C=O) groups excluding carboxylic acids is 2. The van der Waals surface area contributed by atoms with Crippen LogP contribution in [0.3, 0.4) is 0 Å². The fourth-order valence-electron chi connectivity index (χ4n) is 2.48. The number of benzene rings is 2. The van der Waals surface area contributed by atoms with Crippen molar-refractivity contribution in [2.45, 2.75) is 19.4 Å². The first-order valence-electron chi connectivity index (χ1n) is 7.52. The Labute approximate surface area is 144 Å². The van der Waals surface area contributed by atoms with E-state index >= 15 is 0 Å². The van der Waals surface area contributed by atoms with Crippen molar-refractivity contribution in [3.8, 4) is 0 Å². The summed E-state index contributed by atoms with van der Waals surface area (Å²) in [5.41, 5.74) is 7.07. The smallest absolute Gasteiger partial charge is 0.312 e. The van der Waals surface area contributed by atoms with Crippen molar-refractivity contribution in [2.24, 2.45) is 5.73 Å². The van der Waals surface area contributed by atoms with Gasteiger partial charge in [0.2, 0.25) is 5.91 Å². The van der Waals surface area contributed by atoms with E-state index in [1.165, 1.54) is 18.2 Å². The summed E-state index contributed by atoms with van der Waals surface area (Å²) in [5, 5.41) is 15.9. The van der Waals surface area contributed by atoms with Gasteiger partial charge in [-0.05, 0) is 24.1 Å². The van der Waals surface area contributed by atoms with Gasteiger partial charge in [-0.25, -0.2) is 4.79 Å². The van der Waals surface area contributed by atoms with Gasteiger partial charge in [0.15, 0.2) is 0 Å². The summed E-state index contributed by atoms with van der Waals surface area (Å²) in [6, 6.07) is 11.6. The van der Waals surface area contributed by atoms with Crippen LogP contribution >= 0.6 is 0 Å². The van der Waals surface area contributed by atoms with Gasteiger partial charge in [-0.3, -0.25) is 14.9 Å². The number of anilines is 1. The molecule has 2 aromatic carbocycles. The van der Waals surface area contributed by atoms with Gasteiger partial charge in [0.1, 0.15) is 0 Å². The third-order valence-electron chi connectivity index (χ3n) is 3.61. The van der Waals surface area contributed by atoms with E-state index in [9.17, 15) is 19.7 Å². The fraction of sp³-hybridized carbons (Fsp3) is 0.176. The van der Waals surface area contributed by atoms with Crippen LogP contribution in [0.25, 0.3) is 0 Å². The van der Waals surface area contributed by atoms with E-state index in [1.54, 1.807) is 18.2 Å². The third-order valence-corrected chi connectivity index (χ3v) is 3.61. The number of urea groups is 1. The Bertz CT molecular complexity index is 807. The number of rotatable bonds is 6. The molecule has 0 spiro atoms. The number of nitrogens with two attached hydrogens (primary N) is 1. The first-order valence-corrected chi connectivity index (χ1v) is 7.52. The number of aryl methyl sites for hydroxylation is 1. The highest BCUT2D eigenvalue weighted by molar-refractivity contribution is 5.92. The fourth-order valence-corrected chi connectivity index (χ4v) is 2.48. The lowest BCUT2D eigenvalue weighted by atomic mass is 9.98. The van der Waals surface area contributed by atoms with E-state index in [0.717, 1.165) is 11.1 Å². The molecule has 0 aliphatic heterocycles. The van der Waals surface area contributed by atoms with Crippen molar-refractivity contribution in [1.29, 1.82) is 0 Å². The molecular weight excluding hydrogens is 324 g/mol. The summed E-state index contributed by atoms with van der Waals surface area (Å²) >= 11 is 0. The minimum atomic E-state index is -0.739. The molecule has 130 valence electrons. The Hall–Kier alpha value is -3.42. The predicted molar refractivity (Wildman–Crippen MR) is 93.0 cm³/mol. The van der Waals surface area contributed by atoms with Crippen LogP contribution < -0.4 is 16.4 Å². The summed E-state index contributed by atoms with van der Waals surface area (Å²) < 4.78 is 0. The molecule has 0 heterocycles. The Morgan fingerprint density at radius 3 is 2.56 bits per heavy atom. The number of nitro groups is 1. The molecule has 0 saturated heterocycles. The number of nitro benzene ring substituents is 1. The van der Waals surface area contributed by atoms with Gasteiger partial charge in [-0.2, -0.15) is 0 Å². The van der Waals surface area contributed by atoms with E-state index < -0.39 is 22.9 Å². The van der Waals surface area contributed by atoms with Crippen LogP contribution in [-0.4, -0.2) is 16.9 Å². The number of nitrogens with one attached hydrogen (secondary N) is 2. The third kappa shape index (κ3) is 5.03. The largest absolute Gasteiger partial charge is 0.352 e. The minimum absolute atomic E-state index is 0.0590. The second kappa shape index (κ2) is 7.91. The maximum atomic E-state index is 12.3. The van der Waals surface area contributed by atoms with Gasteiger partial charge in [-0.1, -0.05) is 30.3 Å². The van der Waals surface area contributed by atoms with Gasteiger partial charge in [0.25, 0.3) is 5.69 Å². The molecule has 3 amide bonds. The van der Waals surface area contributed by atoms with Crippen LogP contribution in [-0.2, 0) is 4.79 Å². The van der Waals surface area contributed by atoms with E-state index in [-0.39, 0.29) is 12.1 Å². The van der Waals surface area contributed by atoms with Crippen molar-refractivity contribution < 1.29 is 14.5 Å². The summed E-state index contributed by atoms with van der Waals surface area (Å²) in [7, 11) is 0. The van der Waals surface area contributed by atoms with E-state index in [1.807, 2.05) is 19.1 Å².